The Bertz CT molecular complexity index is 313. The summed E-state index contributed by atoms with van der Waals surface area (Å²) < 4.78 is 6.60. The summed E-state index contributed by atoms with van der Waals surface area (Å²) >= 11 is 0. The SMILES string of the molecule is COCC(N)C(=O)N(C)CCn1cccn1. The first-order valence-corrected chi connectivity index (χ1v) is 5.12. The summed E-state index contributed by atoms with van der Waals surface area (Å²) in [6.45, 7) is 1.48. The molecule has 1 atom stereocenters. The third-order valence-electron chi connectivity index (χ3n) is 2.26. The number of nitrogens with two attached hydrogens (primary N) is 1. The fourth-order valence-electron chi connectivity index (χ4n) is 1.33. The molecule has 0 aliphatic carbocycles. The molecule has 90 valence electrons. The van der Waals surface area contributed by atoms with Gasteiger partial charge in [0.15, 0.2) is 0 Å². The van der Waals surface area contributed by atoms with E-state index in [1.807, 2.05) is 12.3 Å². The molecule has 1 heterocycles. The molecule has 0 aliphatic rings. The van der Waals surface area contributed by atoms with Crippen LogP contribution in [0.25, 0.3) is 0 Å². The van der Waals surface area contributed by atoms with E-state index >= 15 is 0 Å². The minimum atomic E-state index is -0.590. The number of carbonyl (C=O) groups is 1. The van der Waals surface area contributed by atoms with Crippen molar-refractivity contribution in [1.82, 2.24) is 14.7 Å². The molecule has 1 aromatic heterocycles. The number of hydrogen-bond donors (Lipinski definition) is 1. The first kappa shape index (κ1) is 12.7. The number of nitrogens with zero attached hydrogens (tertiary/aromatic N) is 3. The van der Waals surface area contributed by atoms with Gasteiger partial charge in [0, 0.05) is 33.1 Å². The Morgan fingerprint density at radius 3 is 3.00 bits per heavy atom. The normalized spacial score (nSPS) is 12.4. The summed E-state index contributed by atoms with van der Waals surface area (Å²) in [6, 6.07) is 1.26. The molecule has 0 spiro atoms. The van der Waals surface area contributed by atoms with Crippen LogP contribution in [0.5, 0.6) is 0 Å². The van der Waals surface area contributed by atoms with Gasteiger partial charge in [-0.25, -0.2) is 0 Å². The van der Waals surface area contributed by atoms with E-state index in [1.165, 1.54) is 7.11 Å². The van der Waals surface area contributed by atoms with Crippen LogP contribution in [0.2, 0.25) is 0 Å². The molecule has 0 bridgehead atoms. The highest BCUT2D eigenvalue weighted by Crippen LogP contribution is 1.93. The summed E-state index contributed by atoms with van der Waals surface area (Å²) in [6.07, 6.45) is 3.56. The van der Waals surface area contributed by atoms with E-state index in [9.17, 15) is 4.79 Å². The predicted octanol–water partition coefficient (Wildman–Crippen LogP) is -0.685. The number of ether oxygens (including phenoxy) is 1. The third kappa shape index (κ3) is 3.63. The van der Waals surface area contributed by atoms with Crippen molar-refractivity contribution >= 4 is 5.91 Å². The zero-order valence-corrected chi connectivity index (χ0v) is 9.67. The molecule has 0 saturated carbocycles. The lowest BCUT2D eigenvalue weighted by Crippen LogP contribution is -2.45. The molecule has 2 N–H and O–H groups in total. The Labute approximate surface area is 95.0 Å². The largest absolute Gasteiger partial charge is 0.383 e. The molecule has 0 radical (unpaired) electrons. The Morgan fingerprint density at radius 1 is 1.69 bits per heavy atom. The maximum absolute atomic E-state index is 11.7. The molecule has 1 rings (SSSR count). The maximum atomic E-state index is 11.7. The van der Waals surface area contributed by atoms with Crippen LogP contribution in [0.3, 0.4) is 0 Å². The average molecular weight is 226 g/mol. The van der Waals surface area contributed by atoms with Crippen molar-refractivity contribution in [3.05, 3.63) is 18.5 Å². The van der Waals surface area contributed by atoms with Gasteiger partial charge in [0.25, 0.3) is 0 Å². The van der Waals surface area contributed by atoms with Gasteiger partial charge in [-0.05, 0) is 6.07 Å². The number of hydrogen-bond acceptors (Lipinski definition) is 4. The van der Waals surface area contributed by atoms with Gasteiger partial charge < -0.3 is 15.4 Å². The van der Waals surface area contributed by atoms with Gasteiger partial charge >= 0.3 is 0 Å². The molecule has 6 heteroatoms. The summed E-state index contributed by atoms with van der Waals surface area (Å²) in [7, 11) is 3.25. The third-order valence-corrected chi connectivity index (χ3v) is 2.26. The van der Waals surface area contributed by atoms with Gasteiger partial charge in [0.2, 0.25) is 5.91 Å². The highest BCUT2D eigenvalue weighted by molar-refractivity contribution is 5.81. The molecule has 16 heavy (non-hydrogen) atoms. The monoisotopic (exact) mass is 226 g/mol. The lowest BCUT2D eigenvalue weighted by molar-refractivity contribution is -0.132. The molecule has 0 fully saturated rings. The van der Waals surface area contributed by atoms with Crippen LogP contribution in [0, 0.1) is 0 Å². The second kappa shape index (κ2) is 6.24. The first-order chi connectivity index (χ1) is 7.65. The average Bonchev–Trinajstić information content (AvgIpc) is 2.78. The quantitative estimate of drug-likeness (QED) is 0.697. The van der Waals surface area contributed by atoms with Crippen molar-refractivity contribution in [2.75, 3.05) is 27.3 Å². The van der Waals surface area contributed by atoms with Crippen LogP contribution in [0.15, 0.2) is 18.5 Å². The van der Waals surface area contributed by atoms with Gasteiger partial charge in [0.05, 0.1) is 13.2 Å². The summed E-state index contributed by atoms with van der Waals surface area (Å²) in [5.74, 6) is -0.117. The highest BCUT2D eigenvalue weighted by atomic mass is 16.5. The summed E-state index contributed by atoms with van der Waals surface area (Å²) in [4.78, 5) is 13.3. The highest BCUT2D eigenvalue weighted by Gasteiger charge is 2.17. The topological polar surface area (TPSA) is 73.4 Å². The van der Waals surface area contributed by atoms with Crippen LogP contribution < -0.4 is 5.73 Å². The summed E-state index contributed by atoms with van der Waals surface area (Å²) in [5.41, 5.74) is 5.64. The van der Waals surface area contributed by atoms with Gasteiger partial charge in [-0.1, -0.05) is 0 Å². The lowest BCUT2D eigenvalue weighted by Gasteiger charge is -2.20. The number of aromatic nitrogens is 2. The fourth-order valence-corrected chi connectivity index (χ4v) is 1.33. The van der Waals surface area contributed by atoms with Crippen LogP contribution in [-0.4, -0.2) is 53.9 Å². The maximum Gasteiger partial charge on any atom is 0.241 e. The second-order valence-corrected chi connectivity index (χ2v) is 3.59. The Kier molecular flexibility index (Phi) is 4.94. The zero-order valence-electron chi connectivity index (χ0n) is 9.67. The van der Waals surface area contributed by atoms with E-state index in [0.29, 0.717) is 13.1 Å². The predicted molar refractivity (Wildman–Crippen MR) is 59.7 cm³/mol. The number of rotatable bonds is 6. The van der Waals surface area contributed by atoms with Crippen molar-refractivity contribution in [2.24, 2.45) is 5.73 Å². The Hall–Kier alpha value is -1.40. The van der Waals surface area contributed by atoms with Gasteiger partial charge in [-0.3, -0.25) is 9.48 Å². The van der Waals surface area contributed by atoms with E-state index in [4.69, 9.17) is 10.5 Å². The molecule has 6 nitrogen and oxygen atoms in total. The van der Waals surface area contributed by atoms with Crippen LogP contribution in [0.1, 0.15) is 0 Å². The van der Waals surface area contributed by atoms with Gasteiger partial charge in [-0.2, -0.15) is 5.10 Å². The number of likely N-dealkylation sites (N-methyl/N-ethyl adjacent to an activating group) is 1. The molecule has 1 unspecified atom stereocenters. The fraction of sp³-hybridized carbons (Fsp3) is 0.600. The zero-order chi connectivity index (χ0) is 12.0. The van der Waals surface area contributed by atoms with Crippen molar-refractivity contribution in [3.8, 4) is 0 Å². The molecule has 0 aromatic carbocycles. The number of methoxy groups -OCH3 is 1. The summed E-state index contributed by atoms with van der Waals surface area (Å²) in [5, 5.41) is 4.05. The molecule has 1 aromatic rings. The number of amides is 1. The van der Waals surface area contributed by atoms with E-state index in [-0.39, 0.29) is 12.5 Å². The molecular formula is C10H18N4O2. The standard InChI is InChI=1S/C10H18N4O2/c1-13(10(15)9(11)8-16-2)6-7-14-5-3-4-12-14/h3-5,9H,6-8,11H2,1-2H3. The van der Waals surface area contributed by atoms with Gasteiger partial charge in [-0.15, -0.1) is 0 Å². The van der Waals surface area contributed by atoms with Crippen molar-refractivity contribution < 1.29 is 9.53 Å². The smallest absolute Gasteiger partial charge is 0.241 e. The Morgan fingerprint density at radius 2 is 2.44 bits per heavy atom. The van der Waals surface area contributed by atoms with E-state index in [1.54, 1.807) is 22.8 Å². The van der Waals surface area contributed by atoms with E-state index in [2.05, 4.69) is 5.10 Å². The second-order valence-electron chi connectivity index (χ2n) is 3.59. The molecule has 0 aliphatic heterocycles. The first-order valence-electron chi connectivity index (χ1n) is 5.12. The molecule has 0 saturated heterocycles. The van der Waals surface area contributed by atoms with Crippen molar-refractivity contribution in [2.45, 2.75) is 12.6 Å². The van der Waals surface area contributed by atoms with Crippen LogP contribution >= 0.6 is 0 Å². The molecule has 1 amide bonds. The Balaban J connectivity index is 2.34. The van der Waals surface area contributed by atoms with Crippen molar-refractivity contribution in [1.29, 1.82) is 0 Å². The minimum absolute atomic E-state index is 0.117. The van der Waals surface area contributed by atoms with E-state index in [0.717, 1.165) is 0 Å². The minimum Gasteiger partial charge on any atom is -0.383 e. The lowest BCUT2D eigenvalue weighted by atomic mass is 10.3. The van der Waals surface area contributed by atoms with Crippen LogP contribution in [0.4, 0.5) is 0 Å². The van der Waals surface area contributed by atoms with E-state index < -0.39 is 6.04 Å². The molecular weight excluding hydrogens is 208 g/mol. The van der Waals surface area contributed by atoms with Gasteiger partial charge in [0.1, 0.15) is 6.04 Å². The number of carbonyl (C=O) groups excluding carboxylic acids is 1. The van der Waals surface area contributed by atoms with Crippen LogP contribution in [-0.2, 0) is 16.1 Å². The van der Waals surface area contributed by atoms with Crippen molar-refractivity contribution in [3.63, 3.8) is 0 Å².